The SMILES string of the molecule is Cc1cnc(-n2c3cc(Oc4cccc(-c5ccccn5)c4)ccc3c3c4c(ccc32)Cc2ccccc2-4)cc1C. The Morgan fingerprint density at radius 1 is 0.683 bits per heavy atom. The predicted molar refractivity (Wildman–Crippen MR) is 166 cm³/mol. The van der Waals surface area contributed by atoms with E-state index in [0.29, 0.717) is 0 Å². The van der Waals surface area contributed by atoms with Crippen LogP contribution in [-0.4, -0.2) is 14.5 Å². The molecule has 196 valence electrons. The molecule has 1 aliphatic carbocycles. The van der Waals surface area contributed by atoms with Crippen molar-refractivity contribution in [1.82, 2.24) is 14.5 Å². The molecule has 4 aromatic carbocycles. The molecule has 0 atom stereocenters. The van der Waals surface area contributed by atoms with E-state index in [0.717, 1.165) is 46.0 Å². The summed E-state index contributed by atoms with van der Waals surface area (Å²) in [7, 11) is 0. The van der Waals surface area contributed by atoms with Gasteiger partial charge in [0.05, 0.1) is 16.7 Å². The van der Waals surface area contributed by atoms with Crippen LogP contribution < -0.4 is 4.74 Å². The summed E-state index contributed by atoms with van der Waals surface area (Å²) in [6.07, 6.45) is 4.74. The Morgan fingerprint density at radius 3 is 2.44 bits per heavy atom. The van der Waals surface area contributed by atoms with Crippen molar-refractivity contribution in [2.45, 2.75) is 20.3 Å². The smallest absolute Gasteiger partial charge is 0.137 e. The molecule has 0 radical (unpaired) electrons. The highest BCUT2D eigenvalue weighted by molar-refractivity contribution is 6.17. The lowest BCUT2D eigenvalue weighted by Crippen LogP contribution is -1.99. The van der Waals surface area contributed by atoms with Gasteiger partial charge >= 0.3 is 0 Å². The summed E-state index contributed by atoms with van der Waals surface area (Å²) in [5.74, 6) is 2.46. The zero-order chi connectivity index (χ0) is 27.5. The van der Waals surface area contributed by atoms with E-state index in [9.17, 15) is 0 Å². The summed E-state index contributed by atoms with van der Waals surface area (Å²) in [5.41, 5.74) is 12.0. The number of aryl methyl sites for hydroxylation is 2. The molecule has 41 heavy (non-hydrogen) atoms. The minimum atomic E-state index is 0.772. The second-order valence-corrected chi connectivity index (χ2v) is 10.8. The molecular formula is C37H27N3O. The van der Waals surface area contributed by atoms with E-state index in [1.807, 2.05) is 48.8 Å². The first kappa shape index (κ1) is 23.6. The van der Waals surface area contributed by atoms with Gasteiger partial charge in [0.2, 0.25) is 0 Å². The molecular weight excluding hydrogens is 502 g/mol. The third-order valence-electron chi connectivity index (χ3n) is 8.28. The number of fused-ring (bicyclic) bond motifs is 7. The normalized spacial score (nSPS) is 12.0. The van der Waals surface area contributed by atoms with E-state index in [-0.39, 0.29) is 0 Å². The van der Waals surface area contributed by atoms with Crippen molar-refractivity contribution >= 4 is 21.8 Å². The van der Waals surface area contributed by atoms with Gasteiger partial charge in [-0.1, -0.05) is 48.5 Å². The lowest BCUT2D eigenvalue weighted by molar-refractivity contribution is 0.483. The van der Waals surface area contributed by atoms with Crippen LogP contribution >= 0.6 is 0 Å². The van der Waals surface area contributed by atoms with Crippen molar-refractivity contribution in [3.8, 4) is 39.7 Å². The predicted octanol–water partition coefficient (Wildman–Crippen LogP) is 9.22. The van der Waals surface area contributed by atoms with Crippen LogP contribution in [0.5, 0.6) is 11.5 Å². The molecule has 0 saturated heterocycles. The van der Waals surface area contributed by atoms with Crippen molar-refractivity contribution in [2.75, 3.05) is 0 Å². The second kappa shape index (κ2) is 9.17. The number of aromatic nitrogens is 3. The quantitative estimate of drug-likeness (QED) is 0.228. The summed E-state index contributed by atoms with van der Waals surface area (Å²) in [5, 5.41) is 2.47. The van der Waals surface area contributed by atoms with Crippen LogP contribution in [0.25, 0.3) is 50.0 Å². The Labute approximate surface area is 238 Å². The number of pyridine rings is 2. The highest BCUT2D eigenvalue weighted by Gasteiger charge is 2.25. The molecule has 7 aromatic rings. The summed E-state index contributed by atoms with van der Waals surface area (Å²) >= 11 is 0. The number of hydrogen-bond donors (Lipinski definition) is 0. The minimum Gasteiger partial charge on any atom is -0.457 e. The van der Waals surface area contributed by atoms with E-state index >= 15 is 0 Å². The molecule has 4 nitrogen and oxygen atoms in total. The van der Waals surface area contributed by atoms with Gasteiger partial charge < -0.3 is 4.74 Å². The van der Waals surface area contributed by atoms with Gasteiger partial charge in [0.25, 0.3) is 0 Å². The van der Waals surface area contributed by atoms with E-state index in [1.54, 1.807) is 0 Å². The molecule has 3 heterocycles. The third-order valence-corrected chi connectivity index (χ3v) is 8.28. The zero-order valence-corrected chi connectivity index (χ0v) is 22.9. The molecule has 0 spiro atoms. The van der Waals surface area contributed by atoms with Gasteiger partial charge in [0.15, 0.2) is 0 Å². The van der Waals surface area contributed by atoms with Crippen molar-refractivity contribution in [2.24, 2.45) is 0 Å². The molecule has 0 N–H and O–H groups in total. The molecule has 4 heteroatoms. The van der Waals surface area contributed by atoms with Gasteiger partial charge in [-0.2, -0.15) is 0 Å². The number of ether oxygens (including phenoxy) is 1. The average molecular weight is 530 g/mol. The fourth-order valence-corrected chi connectivity index (χ4v) is 6.14. The lowest BCUT2D eigenvalue weighted by atomic mass is 9.99. The highest BCUT2D eigenvalue weighted by atomic mass is 16.5. The standard InChI is InChI=1S/C37H27N3O/c1-23-18-35(39-22-24(23)2)40-33-16-13-27-19-25-8-3-4-11-30(25)36(27)37(33)31-15-14-29(21-34(31)40)41-28-10-7-9-26(20-28)32-12-5-6-17-38-32/h3-18,20-22H,19H2,1-2H3. The van der Waals surface area contributed by atoms with Crippen LogP contribution in [-0.2, 0) is 6.42 Å². The van der Waals surface area contributed by atoms with Gasteiger partial charge in [-0.05, 0) is 102 Å². The van der Waals surface area contributed by atoms with E-state index < -0.39 is 0 Å². The fourth-order valence-electron chi connectivity index (χ4n) is 6.14. The van der Waals surface area contributed by atoms with Gasteiger partial charge in [-0.15, -0.1) is 0 Å². The Bertz CT molecular complexity index is 2130. The molecule has 0 aliphatic heterocycles. The largest absolute Gasteiger partial charge is 0.457 e. The topological polar surface area (TPSA) is 39.9 Å². The molecule has 0 bridgehead atoms. The van der Waals surface area contributed by atoms with Crippen molar-refractivity contribution in [3.05, 3.63) is 138 Å². The number of nitrogens with zero attached hydrogens (tertiary/aromatic N) is 3. The maximum atomic E-state index is 6.47. The van der Waals surface area contributed by atoms with Crippen LogP contribution in [0, 0.1) is 13.8 Å². The first-order valence-electron chi connectivity index (χ1n) is 14.0. The molecule has 0 unspecified atom stereocenters. The van der Waals surface area contributed by atoms with Gasteiger partial charge in [0.1, 0.15) is 17.3 Å². The van der Waals surface area contributed by atoms with Crippen LogP contribution in [0.1, 0.15) is 22.3 Å². The molecule has 0 saturated carbocycles. The fraction of sp³-hybridized carbons (Fsp3) is 0.0811. The molecule has 8 rings (SSSR count). The molecule has 1 aliphatic rings. The minimum absolute atomic E-state index is 0.772. The van der Waals surface area contributed by atoms with Gasteiger partial charge in [-0.3, -0.25) is 9.55 Å². The Hall–Kier alpha value is -5.22. The second-order valence-electron chi connectivity index (χ2n) is 10.8. The van der Waals surface area contributed by atoms with Gasteiger partial charge in [0, 0.05) is 34.8 Å². The van der Waals surface area contributed by atoms with Gasteiger partial charge in [-0.25, -0.2) is 4.98 Å². The first-order chi connectivity index (χ1) is 20.1. The highest BCUT2D eigenvalue weighted by Crippen LogP contribution is 2.46. The lowest BCUT2D eigenvalue weighted by Gasteiger charge is -2.11. The monoisotopic (exact) mass is 529 g/mol. The number of rotatable bonds is 4. The maximum absolute atomic E-state index is 6.47. The van der Waals surface area contributed by atoms with Crippen LogP contribution in [0.3, 0.4) is 0 Å². The zero-order valence-electron chi connectivity index (χ0n) is 22.9. The summed E-state index contributed by atoms with van der Waals surface area (Å²) < 4.78 is 8.75. The van der Waals surface area contributed by atoms with Crippen LogP contribution in [0.4, 0.5) is 0 Å². The summed E-state index contributed by atoms with van der Waals surface area (Å²) in [4.78, 5) is 9.39. The first-order valence-corrected chi connectivity index (χ1v) is 14.0. The Balaban J connectivity index is 1.33. The Morgan fingerprint density at radius 2 is 1.56 bits per heavy atom. The van der Waals surface area contributed by atoms with Crippen molar-refractivity contribution in [3.63, 3.8) is 0 Å². The van der Waals surface area contributed by atoms with Crippen molar-refractivity contribution in [1.29, 1.82) is 0 Å². The van der Waals surface area contributed by atoms with Crippen LogP contribution in [0.15, 0.2) is 116 Å². The Kier molecular flexibility index (Phi) is 5.29. The molecule has 3 aromatic heterocycles. The number of hydrogen-bond acceptors (Lipinski definition) is 3. The summed E-state index contributed by atoms with van der Waals surface area (Å²) in [6, 6.07) is 36.0. The van der Waals surface area contributed by atoms with E-state index in [4.69, 9.17) is 9.72 Å². The summed E-state index contributed by atoms with van der Waals surface area (Å²) in [6.45, 7) is 4.25. The third kappa shape index (κ3) is 3.83. The van der Waals surface area contributed by atoms with E-state index in [2.05, 4.69) is 90.1 Å². The van der Waals surface area contributed by atoms with E-state index in [1.165, 1.54) is 44.2 Å². The van der Waals surface area contributed by atoms with Crippen LogP contribution in [0.2, 0.25) is 0 Å². The average Bonchev–Trinajstić information content (AvgIpc) is 3.54. The van der Waals surface area contributed by atoms with Crippen molar-refractivity contribution < 1.29 is 4.74 Å². The molecule has 0 amide bonds. The maximum Gasteiger partial charge on any atom is 0.137 e. The molecule has 0 fully saturated rings. The number of benzene rings is 4.